The van der Waals surface area contributed by atoms with Crippen molar-refractivity contribution in [1.29, 1.82) is 5.26 Å². The first-order chi connectivity index (χ1) is 14.5. The molecule has 0 bridgehead atoms. The molecule has 5 nitrogen and oxygen atoms in total. The van der Waals surface area contributed by atoms with Gasteiger partial charge in [0, 0.05) is 17.8 Å². The van der Waals surface area contributed by atoms with Crippen molar-refractivity contribution < 1.29 is 14.3 Å². The third-order valence-electron chi connectivity index (χ3n) is 4.85. The summed E-state index contributed by atoms with van der Waals surface area (Å²) in [5.74, 6) is -0.135. The zero-order valence-electron chi connectivity index (χ0n) is 17.8. The van der Waals surface area contributed by atoms with Crippen LogP contribution in [-0.4, -0.2) is 32.0 Å². The quantitative estimate of drug-likeness (QED) is 0.354. The Labute approximate surface area is 188 Å². The highest BCUT2D eigenvalue weighted by molar-refractivity contribution is 8.03. The van der Waals surface area contributed by atoms with Crippen molar-refractivity contribution in [2.75, 3.05) is 26.1 Å². The first kappa shape index (κ1) is 24.3. The summed E-state index contributed by atoms with van der Waals surface area (Å²) in [6, 6.07) is 9.65. The van der Waals surface area contributed by atoms with Gasteiger partial charge in [-0.05, 0) is 30.7 Å². The van der Waals surface area contributed by atoms with Crippen molar-refractivity contribution in [1.82, 2.24) is 5.32 Å². The summed E-state index contributed by atoms with van der Waals surface area (Å²) in [4.78, 5) is 12.9. The lowest BCUT2D eigenvalue weighted by Crippen LogP contribution is -2.29. The molecule has 0 amide bonds. The number of allylic oxidation sites excluding steroid dienone is 2. The average Bonchev–Trinajstić information content (AvgIpc) is 2.73. The molecule has 7 heteroatoms. The maximum Gasteiger partial charge on any atom is 0.336 e. The van der Waals surface area contributed by atoms with Crippen LogP contribution in [0, 0.1) is 11.3 Å². The highest BCUT2D eigenvalue weighted by atomic mass is 35.5. The van der Waals surface area contributed by atoms with Crippen molar-refractivity contribution in [2.24, 2.45) is 0 Å². The number of hydrogen-bond donors (Lipinski definition) is 1. The van der Waals surface area contributed by atoms with Crippen LogP contribution in [0.25, 0.3) is 0 Å². The standard InChI is InChI=1S/C23H29ClN2O3S/c1-4-5-6-9-14-30-22-18(15-25)21(17-10-7-8-11-19(17)24)20(16(2)26-22)23(27)29-13-12-28-3/h7-8,10-11,21,26H,4-6,9,12-14H2,1-3H3/t21-/m0/s1. The first-order valence-electron chi connectivity index (χ1n) is 10.2. The number of unbranched alkanes of at least 4 members (excludes halogenated alkanes) is 3. The number of rotatable bonds is 11. The van der Waals surface area contributed by atoms with E-state index in [1.54, 1.807) is 24.9 Å². The van der Waals surface area contributed by atoms with Gasteiger partial charge in [-0.1, -0.05) is 56.0 Å². The minimum atomic E-state index is -0.571. The molecule has 30 heavy (non-hydrogen) atoms. The van der Waals surface area contributed by atoms with Crippen molar-refractivity contribution >= 4 is 29.3 Å². The number of esters is 1. The molecule has 1 aliphatic rings. The third kappa shape index (κ3) is 6.28. The lowest BCUT2D eigenvalue weighted by Gasteiger charge is -2.29. The highest BCUT2D eigenvalue weighted by Crippen LogP contribution is 2.43. The third-order valence-corrected chi connectivity index (χ3v) is 6.30. The number of benzene rings is 1. The van der Waals surface area contributed by atoms with Gasteiger partial charge in [-0.25, -0.2) is 4.79 Å². The minimum absolute atomic E-state index is 0.145. The number of nitrogens with zero attached hydrogens (tertiary/aromatic N) is 1. The number of methoxy groups -OCH3 is 1. The Balaban J connectivity index is 2.39. The Hall–Kier alpha value is -1.94. The van der Waals surface area contributed by atoms with Gasteiger partial charge in [0.2, 0.25) is 0 Å². The number of thioether (sulfide) groups is 1. The van der Waals surface area contributed by atoms with Crippen molar-refractivity contribution in [3.8, 4) is 6.07 Å². The molecule has 0 unspecified atom stereocenters. The zero-order chi connectivity index (χ0) is 21.9. The summed E-state index contributed by atoms with van der Waals surface area (Å²) < 4.78 is 10.4. The van der Waals surface area contributed by atoms with E-state index in [1.165, 1.54) is 19.3 Å². The molecule has 2 rings (SSSR count). The highest BCUT2D eigenvalue weighted by Gasteiger charge is 2.36. The van der Waals surface area contributed by atoms with E-state index in [0.717, 1.165) is 22.8 Å². The van der Waals surface area contributed by atoms with Crippen molar-refractivity contribution in [3.05, 3.63) is 56.7 Å². The second-order valence-electron chi connectivity index (χ2n) is 7.01. The monoisotopic (exact) mass is 448 g/mol. The molecule has 0 fully saturated rings. The molecule has 0 spiro atoms. The number of nitrogens with one attached hydrogen (secondary N) is 1. The number of dihydropyridines is 1. The normalized spacial score (nSPS) is 16.3. The van der Waals surface area contributed by atoms with Crippen LogP contribution in [0.2, 0.25) is 5.02 Å². The fourth-order valence-electron chi connectivity index (χ4n) is 3.32. The molecule has 0 aliphatic carbocycles. The maximum atomic E-state index is 12.9. The van der Waals surface area contributed by atoms with Crippen LogP contribution in [0.5, 0.6) is 0 Å². The fourth-order valence-corrected chi connectivity index (χ4v) is 4.66. The van der Waals surface area contributed by atoms with E-state index in [-0.39, 0.29) is 6.61 Å². The van der Waals surface area contributed by atoms with E-state index in [2.05, 4.69) is 18.3 Å². The Bertz CT molecular complexity index is 845. The smallest absolute Gasteiger partial charge is 0.336 e. The van der Waals surface area contributed by atoms with Gasteiger partial charge in [-0.15, -0.1) is 11.8 Å². The van der Waals surface area contributed by atoms with E-state index < -0.39 is 11.9 Å². The maximum absolute atomic E-state index is 12.9. The van der Waals surface area contributed by atoms with Gasteiger partial charge in [0.05, 0.1) is 34.8 Å². The van der Waals surface area contributed by atoms with Gasteiger partial charge in [0.1, 0.15) is 6.61 Å². The summed E-state index contributed by atoms with van der Waals surface area (Å²) in [6.07, 6.45) is 4.63. The summed E-state index contributed by atoms with van der Waals surface area (Å²) in [5, 5.41) is 14.6. The predicted molar refractivity (Wildman–Crippen MR) is 122 cm³/mol. The van der Waals surface area contributed by atoms with Gasteiger partial charge in [-0.2, -0.15) is 5.26 Å². The topological polar surface area (TPSA) is 71.4 Å². The Morgan fingerprint density at radius 3 is 2.70 bits per heavy atom. The molecule has 0 aromatic heterocycles. The van der Waals surface area contributed by atoms with Crippen LogP contribution in [-0.2, 0) is 14.3 Å². The van der Waals surface area contributed by atoms with Gasteiger partial charge in [0.25, 0.3) is 0 Å². The Kier molecular flexibility index (Phi) is 10.3. The van der Waals surface area contributed by atoms with E-state index >= 15 is 0 Å². The van der Waals surface area contributed by atoms with Crippen LogP contribution < -0.4 is 5.32 Å². The lowest BCUT2D eigenvalue weighted by molar-refractivity contribution is -0.140. The first-order valence-corrected chi connectivity index (χ1v) is 11.6. The molecule has 0 saturated heterocycles. The number of ether oxygens (including phenoxy) is 2. The molecule has 1 aromatic rings. The molecule has 1 aromatic carbocycles. The molecule has 1 N–H and O–H groups in total. The van der Waals surface area contributed by atoms with E-state index in [0.29, 0.717) is 28.5 Å². The molecular formula is C23H29ClN2O3S. The number of hydrogen-bond acceptors (Lipinski definition) is 6. The van der Waals surface area contributed by atoms with Gasteiger partial charge < -0.3 is 14.8 Å². The molecule has 1 heterocycles. The van der Waals surface area contributed by atoms with Gasteiger partial charge in [-0.3, -0.25) is 0 Å². The Morgan fingerprint density at radius 2 is 2.03 bits per heavy atom. The molecule has 0 radical (unpaired) electrons. The number of nitriles is 1. The molecule has 0 saturated carbocycles. The van der Waals surface area contributed by atoms with Crippen LogP contribution in [0.15, 0.2) is 46.1 Å². The lowest BCUT2D eigenvalue weighted by atomic mass is 9.82. The van der Waals surface area contributed by atoms with Crippen LogP contribution in [0.1, 0.15) is 51.0 Å². The molecule has 162 valence electrons. The van der Waals surface area contributed by atoms with Crippen molar-refractivity contribution in [3.63, 3.8) is 0 Å². The van der Waals surface area contributed by atoms with E-state index in [9.17, 15) is 10.1 Å². The largest absolute Gasteiger partial charge is 0.460 e. The fraction of sp³-hybridized carbons (Fsp3) is 0.478. The van der Waals surface area contributed by atoms with Crippen LogP contribution >= 0.6 is 23.4 Å². The van der Waals surface area contributed by atoms with E-state index in [4.69, 9.17) is 21.1 Å². The van der Waals surface area contributed by atoms with Crippen molar-refractivity contribution in [2.45, 2.75) is 45.4 Å². The number of carbonyl (C=O) groups excluding carboxylic acids is 1. The second-order valence-corrected chi connectivity index (χ2v) is 8.52. The predicted octanol–water partition coefficient (Wildman–Crippen LogP) is 5.54. The summed E-state index contributed by atoms with van der Waals surface area (Å²) in [6.45, 7) is 4.47. The minimum Gasteiger partial charge on any atom is -0.460 e. The summed E-state index contributed by atoms with van der Waals surface area (Å²) >= 11 is 8.10. The molecule has 1 aliphatic heterocycles. The van der Waals surface area contributed by atoms with E-state index in [1.807, 2.05) is 25.1 Å². The molecule has 1 atom stereocenters. The van der Waals surface area contributed by atoms with Crippen LogP contribution in [0.3, 0.4) is 0 Å². The average molecular weight is 449 g/mol. The second kappa shape index (κ2) is 12.7. The van der Waals surface area contributed by atoms with Gasteiger partial charge in [0.15, 0.2) is 0 Å². The molecular weight excluding hydrogens is 420 g/mol. The number of halogens is 1. The summed E-state index contributed by atoms with van der Waals surface area (Å²) in [5.41, 5.74) is 2.30. The Morgan fingerprint density at radius 1 is 1.27 bits per heavy atom. The number of carbonyl (C=O) groups is 1. The summed E-state index contributed by atoms with van der Waals surface area (Å²) in [7, 11) is 1.55. The SMILES string of the molecule is CCCCCCSC1=C(C#N)[C@H](c2ccccc2Cl)C(C(=O)OCCOC)=C(C)N1. The zero-order valence-corrected chi connectivity index (χ0v) is 19.4. The van der Waals surface area contributed by atoms with Gasteiger partial charge >= 0.3 is 5.97 Å². The van der Waals surface area contributed by atoms with Crippen LogP contribution in [0.4, 0.5) is 0 Å².